The van der Waals surface area contributed by atoms with Crippen LogP contribution in [0.2, 0.25) is 10.0 Å². The molecule has 0 radical (unpaired) electrons. The van der Waals surface area contributed by atoms with Crippen molar-refractivity contribution in [3.8, 4) is 17.0 Å². The molecule has 2 aromatic carbocycles. The van der Waals surface area contributed by atoms with Gasteiger partial charge in [-0.25, -0.2) is 9.78 Å². The van der Waals surface area contributed by atoms with Crippen molar-refractivity contribution in [3.05, 3.63) is 68.2 Å². The topological polar surface area (TPSA) is 97.8 Å². The molecular weight excluding hydrogens is 559 g/mol. The molecule has 1 aliphatic rings. The number of methoxy groups -OCH3 is 1. The molecular formula is C29H30Cl2N2O5S. The fourth-order valence-corrected chi connectivity index (χ4v) is 5.98. The third-order valence-electron chi connectivity index (χ3n) is 6.84. The number of amides is 1. The predicted molar refractivity (Wildman–Crippen MR) is 156 cm³/mol. The Morgan fingerprint density at radius 1 is 1.18 bits per heavy atom. The van der Waals surface area contributed by atoms with Crippen molar-refractivity contribution in [2.75, 3.05) is 19.0 Å². The number of ether oxygens (including phenoxy) is 2. The number of hydrogen-bond acceptors (Lipinski definition) is 6. The van der Waals surface area contributed by atoms with Crippen LogP contribution >= 0.6 is 34.5 Å². The van der Waals surface area contributed by atoms with Gasteiger partial charge in [0, 0.05) is 27.6 Å². The number of nitrogens with zero attached hydrogens (tertiary/aromatic N) is 1. The number of rotatable bonds is 10. The first kappa shape index (κ1) is 28.9. The second-order valence-corrected chi connectivity index (χ2v) is 11.1. The lowest BCUT2D eigenvalue weighted by Crippen LogP contribution is -2.12. The van der Waals surface area contributed by atoms with Crippen LogP contribution in [0.4, 0.5) is 5.13 Å². The fourth-order valence-electron chi connectivity index (χ4n) is 4.68. The van der Waals surface area contributed by atoms with Crippen LogP contribution in [0.3, 0.4) is 0 Å². The Balaban J connectivity index is 1.44. The molecule has 39 heavy (non-hydrogen) atoms. The number of carboxylic acids is 1. The minimum absolute atomic E-state index is 0.110. The molecule has 1 heterocycles. The third kappa shape index (κ3) is 7.32. The van der Waals surface area contributed by atoms with E-state index in [4.69, 9.17) is 32.7 Å². The highest BCUT2D eigenvalue weighted by atomic mass is 35.5. The largest absolute Gasteiger partial charge is 0.493 e. The maximum Gasteiger partial charge on any atom is 0.371 e. The van der Waals surface area contributed by atoms with Crippen LogP contribution in [0.25, 0.3) is 17.3 Å². The molecule has 1 aliphatic carbocycles. The number of thiazole rings is 1. The first-order chi connectivity index (χ1) is 18.8. The summed E-state index contributed by atoms with van der Waals surface area (Å²) in [5.74, 6) is -0.438. The Morgan fingerprint density at radius 3 is 2.56 bits per heavy atom. The summed E-state index contributed by atoms with van der Waals surface area (Å²) in [4.78, 5) is 28.8. The van der Waals surface area contributed by atoms with Gasteiger partial charge < -0.3 is 14.6 Å². The number of carbonyl (C=O) groups is 2. The van der Waals surface area contributed by atoms with Crippen LogP contribution in [0, 0.1) is 12.8 Å². The Labute approximate surface area is 241 Å². The summed E-state index contributed by atoms with van der Waals surface area (Å²) in [5, 5.41) is 14.5. The van der Waals surface area contributed by atoms with Crippen molar-refractivity contribution in [1.82, 2.24) is 4.98 Å². The van der Waals surface area contributed by atoms with E-state index in [2.05, 4.69) is 10.3 Å². The zero-order valence-electron chi connectivity index (χ0n) is 21.8. The van der Waals surface area contributed by atoms with Crippen LogP contribution in [0.15, 0.2) is 41.5 Å². The molecule has 0 bridgehead atoms. The molecule has 0 aliphatic heterocycles. The standard InChI is InChI=1S/C29H30Cl2N2O5S/c1-17-20(9-6-10-25(17)38-12-11-18-7-4-3-5-8-18)24-16-39-29(32-24)33-27(34)19-13-22(30)21(23(31)14-19)15-26(37-2)28(35)36/h6,9-10,13-16,18H,3-5,7-8,11-12H2,1-2H3,(H,35,36)(H,32,33,34)/b26-15+. The van der Waals surface area contributed by atoms with Gasteiger partial charge >= 0.3 is 5.97 Å². The van der Waals surface area contributed by atoms with Gasteiger partial charge in [-0.15, -0.1) is 11.3 Å². The predicted octanol–water partition coefficient (Wildman–Crippen LogP) is 8.10. The van der Waals surface area contributed by atoms with Crippen molar-refractivity contribution in [2.45, 2.75) is 45.4 Å². The average Bonchev–Trinajstić information content (AvgIpc) is 3.37. The molecule has 1 saturated carbocycles. The molecule has 1 aromatic heterocycles. The molecule has 10 heteroatoms. The van der Waals surface area contributed by atoms with Gasteiger partial charge in [-0.3, -0.25) is 10.1 Å². The van der Waals surface area contributed by atoms with Gasteiger partial charge in [0.15, 0.2) is 5.13 Å². The molecule has 0 saturated heterocycles. The van der Waals surface area contributed by atoms with Crippen LogP contribution in [0.5, 0.6) is 5.75 Å². The molecule has 1 amide bonds. The minimum Gasteiger partial charge on any atom is -0.493 e. The number of halogens is 2. The lowest BCUT2D eigenvalue weighted by molar-refractivity contribution is -0.135. The molecule has 0 atom stereocenters. The van der Waals surface area contributed by atoms with Gasteiger partial charge in [-0.1, -0.05) is 67.4 Å². The van der Waals surface area contributed by atoms with E-state index in [0.717, 1.165) is 34.9 Å². The van der Waals surface area contributed by atoms with Crippen LogP contribution in [0.1, 0.15) is 60.0 Å². The number of benzene rings is 2. The molecule has 2 N–H and O–H groups in total. The van der Waals surface area contributed by atoms with Crippen molar-refractivity contribution >= 4 is 57.6 Å². The zero-order chi connectivity index (χ0) is 27.9. The van der Waals surface area contributed by atoms with Gasteiger partial charge in [0.05, 0.1) is 29.5 Å². The van der Waals surface area contributed by atoms with E-state index in [-0.39, 0.29) is 26.9 Å². The highest BCUT2D eigenvalue weighted by molar-refractivity contribution is 7.14. The zero-order valence-corrected chi connectivity index (χ0v) is 24.1. The van der Waals surface area contributed by atoms with Crippen molar-refractivity contribution < 1.29 is 24.2 Å². The highest BCUT2D eigenvalue weighted by Gasteiger charge is 2.18. The summed E-state index contributed by atoms with van der Waals surface area (Å²) >= 11 is 13.9. The average molecular weight is 590 g/mol. The number of carbonyl (C=O) groups excluding carboxylic acids is 1. The van der Waals surface area contributed by atoms with E-state index in [9.17, 15) is 14.7 Å². The first-order valence-electron chi connectivity index (χ1n) is 12.7. The smallest absolute Gasteiger partial charge is 0.371 e. The van der Waals surface area contributed by atoms with Crippen LogP contribution in [-0.4, -0.2) is 35.7 Å². The van der Waals surface area contributed by atoms with Crippen molar-refractivity contribution in [1.29, 1.82) is 0 Å². The lowest BCUT2D eigenvalue weighted by Gasteiger charge is -2.21. The Bertz CT molecular complexity index is 1360. The number of aromatic nitrogens is 1. The Kier molecular flexibility index (Phi) is 9.88. The summed E-state index contributed by atoms with van der Waals surface area (Å²) in [6, 6.07) is 8.75. The van der Waals surface area contributed by atoms with Gasteiger partial charge in [-0.2, -0.15) is 0 Å². The molecule has 206 valence electrons. The number of hydrogen-bond donors (Lipinski definition) is 2. The van der Waals surface area contributed by atoms with E-state index in [1.165, 1.54) is 68.8 Å². The van der Waals surface area contributed by atoms with Crippen LogP contribution < -0.4 is 10.1 Å². The Morgan fingerprint density at radius 2 is 1.90 bits per heavy atom. The first-order valence-corrected chi connectivity index (χ1v) is 14.4. The SMILES string of the molecule is CO/C(=C/c1c(Cl)cc(C(=O)Nc2nc(-c3cccc(OCCC4CCCCC4)c3C)cs2)cc1Cl)C(=O)O. The highest BCUT2D eigenvalue weighted by Crippen LogP contribution is 2.34. The van der Waals surface area contributed by atoms with Gasteiger partial charge in [0.25, 0.3) is 5.91 Å². The van der Waals surface area contributed by atoms with E-state index in [1.807, 2.05) is 30.5 Å². The van der Waals surface area contributed by atoms with Gasteiger partial charge in [0.1, 0.15) is 5.75 Å². The maximum atomic E-state index is 12.9. The van der Waals surface area contributed by atoms with Crippen molar-refractivity contribution in [3.63, 3.8) is 0 Å². The van der Waals surface area contributed by atoms with Crippen LogP contribution in [-0.2, 0) is 9.53 Å². The maximum absolute atomic E-state index is 12.9. The second kappa shape index (κ2) is 13.3. The monoisotopic (exact) mass is 588 g/mol. The summed E-state index contributed by atoms with van der Waals surface area (Å²) < 4.78 is 11.0. The third-order valence-corrected chi connectivity index (χ3v) is 8.22. The number of anilines is 1. The van der Waals surface area contributed by atoms with Crippen molar-refractivity contribution in [2.24, 2.45) is 5.92 Å². The number of carboxylic acid groups (broad SMARTS) is 1. The molecule has 0 spiro atoms. The summed E-state index contributed by atoms with van der Waals surface area (Å²) in [7, 11) is 1.23. The van der Waals surface area contributed by atoms with E-state index < -0.39 is 11.9 Å². The second-order valence-electron chi connectivity index (χ2n) is 9.43. The molecule has 0 unspecified atom stereocenters. The van der Waals surface area contributed by atoms with E-state index in [1.54, 1.807) is 0 Å². The summed E-state index contributed by atoms with van der Waals surface area (Å²) in [6.45, 7) is 2.72. The molecule has 1 fully saturated rings. The van der Waals surface area contributed by atoms with Gasteiger partial charge in [0.2, 0.25) is 5.76 Å². The normalized spacial score (nSPS) is 14.2. The van der Waals surface area contributed by atoms with E-state index in [0.29, 0.717) is 11.7 Å². The number of aliphatic carboxylic acids is 1. The fraction of sp³-hybridized carbons (Fsp3) is 0.345. The lowest BCUT2D eigenvalue weighted by atomic mass is 9.87. The Hall–Kier alpha value is -3.07. The summed E-state index contributed by atoms with van der Waals surface area (Å²) in [5.41, 5.74) is 3.13. The number of nitrogens with one attached hydrogen (secondary N) is 1. The molecule has 3 aromatic rings. The minimum atomic E-state index is -1.27. The quantitative estimate of drug-likeness (QED) is 0.183. The van der Waals surface area contributed by atoms with E-state index >= 15 is 0 Å². The summed E-state index contributed by atoms with van der Waals surface area (Å²) in [6.07, 6.45) is 8.89. The van der Waals surface area contributed by atoms with Gasteiger partial charge in [-0.05, 0) is 43.5 Å². The molecule has 7 nitrogen and oxygen atoms in total. The molecule has 4 rings (SSSR count).